The number of halogens is 1. The smallest absolute Gasteiger partial charge is 0.301 e. The number of rotatable bonds is 4. The number of fused-ring (bicyclic) bond motifs is 1. The molecule has 1 aromatic heterocycles. The molecule has 1 N–H and O–H groups in total. The van der Waals surface area contributed by atoms with Crippen LogP contribution in [0.1, 0.15) is 25.1 Å². The topological polar surface area (TPSA) is 48.3 Å². The van der Waals surface area contributed by atoms with E-state index in [0.29, 0.717) is 18.1 Å². The Balaban J connectivity index is 1.79. The summed E-state index contributed by atoms with van der Waals surface area (Å²) in [6.07, 6.45) is 0. The first kappa shape index (κ1) is 16.4. The number of nitrogens with one attached hydrogen (secondary N) is 1. The van der Waals surface area contributed by atoms with Crippen LogP contribution >= 0.6 is 0 Å². The number of allylic oxidation sites excluding steroid dienone is 1. The lowest BCUT2D eigenvalue weighted by molar-refractivity contribution is -0.0447. The van der Waals surface area contributed by atoms with Crippen molar-refractivity contribution in [1.29, 1.82) is 0 Å². The van der Waals surface area contributed by atoms with Crippen molar-refractivity contribution in [2.75, 3.05) is 7.11 Å². The highest BCUT2D eigenvalue weighted by atomic mass is 19.1. The van der Waals surface area contributed by atoms with Crippen molar-refractivity contribution in [2.24, 2.45) is 0 Å². The van der Waals surface area contributed by atoms with Gasteiger partial charge in [-0.2, -0.15) is 5.10 Å². The molecule has 4 rings (SSSR count). The van der Waals surface area contributed by atoms with E-state index in [9.17, 15) is 4.39 Å². The largest absolute Gasteiger partial charge is 0.467 e. The normalized spacial score (nSPS) is 19.5. The average molecular weight is 353 g/mol. The van der Waals surface area contributed by atoms with Crippen LogP contribution in [0.5, 0.6) is 0 Å². The van der Waals surface area contributed by atoms with E-state index < -0.39 is 5.72 Å². The maximum Gasteiger partial charge on any atom is 0.301 e. The molecular weight excluding hydrogens is 333 g/mol. The molecule has 3 aromatic rings. The fourth-order valence-electron chi connectivity index (χ4n) is 3.39. The van der Waals surface area contributed by atoms with Crippen LogP contribution in [0.4, 0.5) is 4.39 Å². The van der Waals surface area contributed by atoms with E-state index in [1.807, 2.05) is 44.2 Å². The van der Waals surface area contributed by atoms with Gasteiger partial charge in [0, 0.05) is 17.9 Å². The van der Waals surface area contributed by atoms with Crippen LogP contribution in [0.25, 0.3) is 10.9 Å². The third kappa shape index (κ3) is 2.58. The van der Waals surface area contributed by atoms with Gasteiger partial charge in [-0.25, -0.2) is 4.39 Å². The van der Waals surface area contributed by atoms with Crippen molar-refractivity contribution in [3.63, 3.8) is 0 Å². The fraction of sp³-hybridized carbons (Fsp3) is 0.250. The summed E-state index contributed by atoms with van der Waals surface area (Å²) in [7, 11) is 1.57. The maximum atomic E-state index is 14.1. The lowest BCUT2D eigenvalue weighted by atomic mass is 10.1. The monoisotopic (exact) mass is 353 g/mol. The first-order chi connectivity index (χ1) is 12.5. The first-order valence-corrected chi connectivity index (χ1v) is 8.43. The van der Waals surface area contributed by atoms with Gasteiger partial charge in [-0.1, -0.05) is 36.4 Å². The molecule has 1 aliphatic heterocycles. The Morgan fingerprint density at radius 3 is 2.65 bits per heavy atom. The van der Waals surface area contributed by atoms with Crippen molar-refractivity contribution in [1.82, 2.24) is 15.1 Å². The second-order valence-electron chi connectivity index (χ2n) is 6.49. The van der Waals surface area contributed by atoms with Crippen molar-refractivity contribution in [3.8, 4) is 0 Å². The number of ether oxygens (including phenoxy) is 2. The summed E-state index contributed by atoms with van der Waals surface area (Å²) < 4.78 is 27.2. The number of methoxy groups -OCH3 is 1. The van der Waals surface area contributed by atoms with E-state index in [4.69, 9.17) is 14.6 Å². The molecule has 6 heteroatoms. The molecule has 1 unspecified atom stereocenters. The van der Waals surface area contributed by atoms with Crippen molar-refractivity contribution in [3.05, 3.63) is 77.2 Å². The highest BCUT2D eigenvalue weighted by Crippen LogP contribution is 2.36. The SMILES string of the molecule is COC1=C(C)NC(C)(c2nn(Cc3ccccc3F)c3ccccc23)O1. The predicted molar refractivity (Wildman–Crippen MR) is 96.5 cm³/mol. The van der Waals surface area contributed by atoms with E-state index in [2.05, 4.69) is 5.32 Å². The van der Waals surface area contributed by atoms with Gasteiger partial charge in [-0.15, -0.1) is 0 Å². The molecule has 0 amide bonds. The highest BCUT2D eigenvalue weighted by molar-refractivity contribution is 5.83. The molecule has 0 radical (unpaired) electrons. The molecule has 0 spiro atoms. The fourth-order valence-corrected chi connectivity index (χ4v) is 3.39. The van der Waals surface area contributed by atoms with Gasteiger partial charge in [-0.05, 0) is 19.1 Å². The number of aromatic nitrogens is 2. The van der Waals surface area contributed by atoms with E-state index in [1.54, 1.807) is 23.9 Å². The molecule has 0 saturated heterocycles. The Hall–Kier alpha value is -3.02. The molecule has 26 heavy (non-hydrogen) atoms. The lowest BCUT2D eigenvalue weighted by Gasteiger charge is -2.23. The third-order valence-electron chi connectivity index (χ3n) is 4.60. The quantitative estimate of drug-likeness (QED) is 0.774. The number of para-hydroxylation sites is 1. The minimum atomic E-state index is -0.852. The zero-order chi connectivity index (χ0) is 18.3. The summed E-state index contributed by atoms with van der Waals surface area (Å²) in [5.74, 6) is 0.203. The molecule has 0 fully saturated rings. The second kappa shape index (κ2) is 6.05. The number of hydrogen-bond donors (Lipinski definition) is 1. The standard InChI is InChI=1S/C20H20FN3O2/c1-13-19(25-3)26-20(2,22-13)18-15-9-5-7-11-17(15)24(23-18)12-14-8-4-6-10-16(14)21/h4-11,22H,12H2,1-3H3. The van der Waals surface area contributed by atoms with Gasteiger partial charge in [0.25, 0.3) is 0 Å². The molecule has 2 heterocycles. The van der Waals surface area contributed by atoms with Crippen LogP contribution in [-0.2, 0) is 21.7 Å². The number of benzene rings is 2. The van der Waals surface area contributed by atoms with Crippen LogP contribution in [0, 0.1) is 5.82 Å². The lowest BCUT2D eigenvalue weighted by Crippen LogP contribution is -2.36. The van der Waals surface area contributed by atoms with Crippen LogP contribution in [-0.4, -0.2) is 16.9 Å². The van der Waals surface area contributed by atoms with Gasteiger partial charge in [0.2, 0.25) is 5.72 Å². The van der Waals surface area contributed by atoms with E-state index in [1.165, 1.54) is 6.07 Å². The van der Waals surface area contributed by atoms with Gasteiger partial charge in [0.15, 0.2) is 0 Å². The van der Waals surface area contributed by atoms with Crippen LogP contribution in [0.2, 0.25) is 0 Å². The zero-order valence-corrected chi connectivity index (χ0v) is 14.9. The Labute approximate surface area is 151 Å². The summed E-state index contributed by atoms with van der Waals surface area (Å²) >= 11 is 0. The summed E-state index contributed by atoms with van der Waals surface area (Å²) in [4.78, 5) is 0. The second-order valence-corrected chi connectivity index (χ2v) is 6.49. The number of hydrogen-bond acceptors (Lipinski definition) is 4. The average Bonchev–Trinajstić information content (AvgIpc) is 3.15. The van der Waals surface area contributed by atoms with Gasteiger partial charge in [0.05, 0.1) is 24.9 Å². The van der Waals surface area contributed by atoms with E-state index in [-0.39, 0.29) is 5.82 Å². The van der Waals surface area contributed by atoms with Gasteiger partial charge in [-0.3, -0.25) is 4.68 Å². The Morgan fingerprint density at radius 2 is 1.92 bits per heavy atom. The molecule has 0 saturated carbocycles. The van der Waals surface area contributed by atoms with Crippen LogP contribution < -0.4 is 5.32 Å². The van der Waals surface area contributed by atoms with Gasteiger partial charge in [0.1, 0.15) is 11.5 Å². The minimum Gasteiger partial charge on any atom is -0.467 e. The third-order valence-corrected chi connectivity index (χ3v) is 4.60. The molecule has 0 aliphatic carbocycles. The minimum absolute atomic E-state index is 0.241. The van der Waals surface area contributed by atoms with Crippen molar-refractivity contribution in [2.45, 2.75) is 26.1 Å². The van der Waals surface area contributed by atoms with Gasteiger partial charge >= 0.3 is 5.95 Å². The molecule has 1 atom stereocenters. The molecule has 0 bridgehead atoms. The molecule has 5 nitrogen and oxygen atoms in total. The predicted octanol–water partition coefficient (Wildman–Crippen LogP) is 3.85. The van der Waals surface area contributed by atoms with Gasteiger partial charge < -0.3 is 14.8 Å². The van der Waals surface area contributed by atoms with Crippen LogP contribution in [0.15, 0.2) is 60.2 Å². The molecular formula is C20H20FN3O2. The first-order valence-electron chi connectivity index (χ1n) is 8.43. The Kier molecular flexibility index (Phi) is 3.83. The molecule has 1 aliphatic rings. The Bertz CT molecular complexity index is 1010. The summed E-state index contributed by atoms with van der Waals surface area (Å²) in [5, 5.41) is 9.02. The molecule has 2 aromatic carbocycles. The van der Waals surface area contributed by atoms with E-state index >= 15 is 0 Å². The van der Waals surface area contributed by atoms with Crippen LogP contribution in [0.3, 0.4) is 0 Å². The summed E-state index contributed by atoms with van der Waals surface area (Å²) in [5.41, 5.74) is 2.19. The van der Waals surface area contributed by atoms with Crippen molar-refractivity contribution < 1.29 is 13.9 Å². The summed E-state index contributed by atoms with van der Waals surface area (Å²) in [6, 6.07) is 14.6. The zero-order valence-electron chi connectivity index (χ0n) is 14.9. The number of nitrogens with zero attached hydrogens (tertiary/aromatic N) is 2. The van der Waals surface area contributed by atoms with E-state index in [0.717, 1.165) is 22.3 Å². The summed E-state index contributed by atoms with van der Waals surface area (Å²) in [6.45, 7) is 4.14. The maximum absolute atomic E-state index is 14.1. The molecule has 134 valence electrons. The Morgan fingerprint density at radius 1 is 1.19 bits per heavy atom. The highest BCUT2D eigenvalue weighted by Gasteiger charge is 2.41. The van der Waals surface area contributed by atoms with Crippen molar-refractivity contribution >= 4 is 10.9 Å².